The summed E-state index contributed by atoms with van der Waals surface area (Å²) in [7, 11) is 0. The molecule has 0 bridgehead atoms. The molecule has 1 unspecified atom stereocenters. The van der Waals surface area contributed by atoms with Gasteiger partial charge in [-0.2, -0.15) is 5.26 Å². The highest BCUT2D eigenvalue weighted by molar-refractivity contribution is 7.14. The lowest BCUT2D eigenvalue weighted by atomic mass is 10.0. The van der Waals surface area contributed by atoms with Crippen molar-refractivity contribution in [1.82, 2.24) is 5.32 Å². The van der Waals surface area contributed by atoms with Gasteiger partial charge in [0.25, 0.3) is 5.91 Å². The van der Waals surface area contributed by atoms with Crippen molar-refractivity contribution in [3.8, 4) is 6.07 Å². The first-order valence-corrected chi connectivity index (χ1v) is 6.75. The van der Waals surface area contributed by atoms with Crippen molar-refractivity contribution in [2.75, 3.05) is 0 Å². The van der Waals surface area contributed by atoms with E-state index in [2.05, 4.69) is 11.4 Å². The van der Waals surface area contributed by atoms with Crippen molar-refractivity contribution < 1.29 is 4.79 Å². The van der Waals surface area contributed by atoms with Crippen molar-refractivity contribution in [1.29, 1.82) is 5.26 Å². The lowest BCUT2D eigenvalue weighted by molar-refractivity contribution is 0.0927. The molecule has 2 rings (SSSR count). The highest BCUT2D eigenvalue weighted by atomic mass is 32.1. The van der Waals surface area contributed by atoms with Crippen LogP contribution in [0.2, 0.25) is 0 Å². The van der Waals surface area contributed by atoms with Crippen LogP contribution in [0.5, 0.6) is 0 Å². The third-order valence-electron chi connectivity index (χ3n) is 3.31. The Morgan fingerprint density at radius 2 is 2.41 bits per heavy atom. The molecule has 90 valence electrons. The topological polar surface area (TPSA) is 52.9 Å². The van der Waals surface area contributed by atoms with Crippen LogP contribution < -0.4 is 5.32 Å². The zero-order chi connectivity index (χ0) is 12.5. The van der Waals surface area contributed by atoms with Gasteiger partial charge in [0.2, 0.25) is 0 Å². The number of amides is 1. The number of nitriles is 1. The Morgan fingerprint density at radius 3 is 3.00 bits per heavy atom. The smallest absolute Gasteiger partial charge is 0.262 e. The summed E-state index contributed by atoms with van der Waals surface area (Å²) < 4.78 is 0. The van der Waals surface area contributed by atoms with E-state index in [1.807, 2.05) is 13.0 Å². The molecule has 1 N–H and O–H groups in total. The molecule has 4 heteroatoms. The van der Waals surface area contributed by atoms with Gasteiger partial charge in [0.15, 0.2) is 0 Å². The zero-order valence-electron chi connectivity index (χ0n) is 10.2. The van der Waals surface area contributed by atoms with Gasteiger partial charge in [-0.3, -0.25) is 4.79 Å². The largest absolute Gasteiger partial charge is 0.333 e. The Labute approximate surface area is 105 Å². The molecule has 1 aliphatic carbocycles. The highest BCUT2D eigenvalue weighted by Gasteiger charge is 2.26. The fraction of sp³-hybridized carbons (Fsp3) is 0.538. The van der Waals surface area contributed by atoms with Gasteiger partial charge >= 0.3 is 0 Å². The number of carbonyl (C=O) groups excluding carboxylic acids is 1. The molecule has 3 nitrogen and oxygen atoms in total. The maximum atomic E-state index is 12.0. The molecule has 0 saturated heterocycles. The molecule has 0 aliphatic heterocycles. The van der Waals surface area contributed by atoms with Crippen LogP contribution in [-0.4, -0.2) is 11.4 Å². The van der Waals surface area contributed by atoms with Gasteiger partial charge in [-0.25, -0.2) is 0 Å². The maximum absolute atomic E-state index is 12.0. The zero-order valence-corrected chi connectivity index (χ0v) is 11.0. The molecule has 1 atom stereocenters. The van der Waals surface area contributed by atoms with Crippen LogP contribution in [0.15, 0.2) is 6.07 Å². The number of fused-ring (bicyclic) bond motifs is 1. The van der Waals surface area contributed by atoms with Gasteiger partial charge in [0.1, 0.15) is 5.54 Å². The first-order chi connectivity index (χ1) is 8.08. The minimum absolute atomic E-state index is 0.115. The predicted octanol–water partition coefficient (Wildman–Crippen LogP) is 2.66. The van der Waals surface area contributed by atoms with E-state index in [0.29, 0.717) is 6.42 Å². The van der Waals surface area contributed by atoms with Gasteiger partial charge in [-0.15, -0.1) is 11.3 Å². The normalized spacial score (nSPS) is 17.0. The first kappa shape index (κ1) is 12.1. The van der Waals surface area contributed by atoms with E-state index in [4.69, 9.17) is 5.26 Å². The number of hydrogen-bond acceptors (Lipinski definition) is 3. The van der Waals surface area contributed by atoms with Crippen LogP contribution in [0, 0.1) is 11.3 Å². The molecule has 1 heterocycles. The van der Waals surface area contributed by atoms with Crippen LogP contribution in [0.1, 0.15) is 46.8 Å². The Bertz CT molecular complexity index is 465. The molecule has 0 fully saturated rings. The average molecular weight is 248 g/mol. The molecule has 1 amide bonds. The Morgan fingerprint density at radius 1 is 1.65 bits per heavy atom. The summed E-state index contributed by atoms with van der Waals surface area (Å²) in [5.74, 6) is -0.115. The summed E-state index contributed by atoms with van der Waals surface area (Å²) in [6.07, 6.45) is 3.99. The molecule has 0 saturated carbocycles. The standard InChI is InChI=1S/C13H16N2OS/c1-3-13(2,8-14)15-12(16)11-7-9-5-4-6-10(9)17-11/h7H,3-6H2,1-2H3,(H,15,16). The predicted molar refractivity (Wildman–Crippen MR) is 68.1 cm³/mol. The summed E-state index contributed by atoms with van der Waals surface area (Å²) in [6.45, 7) is 3.66. The quantitative estimate of drug-likeness (QED) is 0.894. The van der Waals surface area contributed by atoms with E-state index in [1.54, 1.807) is 18.3 Å². The van der Waals surface area contributed by atoms with Crippen molar-refractivity contribution in [2.45, 2.75) is 45.1 Å². The van der Waals surface area contributed by atoms with Gasteiger partial charge in [-0.1, -0.05) is 6.92 Å². The molecular weight excluding hydrogens is 232 g/mol. The Kier molecular flexibility index (Phi) is 3.21. The number of carbonyl (C=O) groups is 1. The number of hydrogen-bond donors (Lipinski definition) is 1. The lowest BCUT2D eigenvalue weighted by Crippen LogP contribution is -2.44. The van der Waals surface area contributed by atoms with Crippen molar-refractivity contribution in [3.05, 3.63) is 21.4 Å². The van der Waals surface area contributed by atoms with Crippen molar-refractivity contribution in [3.63, 3.8) is 0 Å². The third kappa shape index (κ3) is 2.34. The van der Waals surface area contributed by atoms with E-state index in [0.717, 1.165) is 17.7 Å². The van der Waals surface area contributed by atoms with E-state index >= 15 is 0 Å². The SMILES string of the molecule is CCC(C)(C#N)NC(=O)c1cc2c(s1)CCC2. The second kappa shape index (κ2) is 4.50. The van der Waals surface area contributed by atoms with Crippen LogP contribution in [0.4, 0.5) is 0 Å². The van der Waals surface area contributed by atoms with E-state index in [9.17, 15) is 4.79 Å². The Hall–Kier alpha value is -1.34. The van der Waals surface area contributed by atoms with Crippen molar-refractivity contribution >= 4 is 17.2 Å². The lowest BCUT2D eigenvalue weighted by Gasteiger charge is -2.20. The second-order valence-electron chi connectivity index (χ2n) is 4.66. The summed E-state index contributed by atoms with van der Waals surface area (Å²) in [5, 5.41) is 11.8. The monoisotopic (exact) mass is 248 g/mol. The average Bonchev–Trinajstić information content (AvgIpc) is 2.88. The molecule has 17 heavy (non-hydrogen) atoms. The summed E-state index contributed by atoms with van der Waals surface area (Å²) in [6, 6.07) is 4.13. The minimum Gasteiger partial charge on any atom is -0.333 e. The van der Waals surface area contributed by atoms with Crippen LogP contribution in [0.3, 0.4) is 0 Å². The molecule has 0 spiro atoms. The highest BCUT2D eigenvalue weighted by Crippen LogP contribution is 2.30. The van der Waals surface area contributed by atoms with Gasteiger partial charge in [0, 0.05) is 4.88 Å². The summed E-state index contributed by atoms with van der Waals surface area (Å²) in [4.78, 5) is 14.1. The number of aryl methyl sites for hydroxylation is 2. The van der Waals surface area contributed by atoms with E-state index < -0.39 is 5.54 Å². The maximum Gasteiger partial charge on any atom is 0.262 e. The van der Waals surface area contributed by atoms with E-state index in [1.165, 1.54) is 16.9 Å². The third-order valence-corrected chi connectivity index (χ3v) is 4.55. The van der Waals surface area contributed by atoms with Crippen LogP contribution >= 0.6 is 11.3 Å². The fourth-order valence-corrected chi connectivity index (χ4v) is 3.10. The summed E-state index contributed by atoms with van der Waals surface area (Å²) >= 11 is 1.57. The first-order valence-electron chi connectivity index (χ1n) is 5.93. The minimum atomic E-state index is -0.758. The number of nitrogens with zero attached hydrogens (tertiary/aromatic N) is 1. The number of rotatable bonds is 3. The molecule has 1 aromatic rings. The molecule has 0 aromatic carbocycles. The second-order valence-corrected chi connectivity index (χ2v) is 5.80. The molecule has 1 aromatic heterocycles. The molecule has 1 aliphatic rings. The van der Waals surface area contributed by atoms with Crippen molar-refractivity contribution in [2.24, 2.45) is 0 Å². The van der Waals surface area contributed by atoms with Crippen LogP contribution in [-0.2, 0) is 12.8 Å². The fourth-order valence-electron chi connectivity index (χ4n) is 1.95. The number of thiophene rings is 1. The molecule has 0 radical (unpaired) electrons. The van der Waals surface area contributed by atoms with Crippen LogP contribution in [0.25, 0.3) is 0 Å². The van der Waals surface area contributed by atoms with E-state index in [-0.39, 0.29) is 5.91 Å². The van der Waals surface area contributed by atoms with Gasteiger partial charge in [-0.05, 0) is 44.2 Å². The van der Waals surface area contributed by atoms with Gasteiger partial charge in [0.05, 0.1) is 10.9 Å². The number of nitrogens with one attached hydrogen (secondary N) is 1. The van der Waals surface area contributed by atoms with Gasteiger partial charge < -0.3 is 5.32 Å². The Balaban J connectivity index is 2.13. The molecular formula is C13H16N2OS. The summed E-state index contributed by atoms with van der Waals surface area (Å²) in [5.41, 5.74) is 0.557.